The Balaban J connectivity index is 2.19. The van der Waals surface area contributed by atoms with E-state index in [9.17, 15) is 4.79 Å². The second kappa shape index (κ2) is 6.01. The largest absolute Gasteiger partial charge is 0.392 e. The number of benzene rings is 1. The predicted octanol–water partition coefficient (Wildman–Crippen LogP) is 3.62. The van der Waals surface area contributed by atoms with E-state index in [1.807, 2.05) is 24.3 Å². The monoisotopic (exact) mass is 340 g/mol. The number of hydrogen-bond donors (Lipinski definition) is 2. The molecule has 3 nitrogen and oxygen atoms in total. The number of anilines is 1. The smallest absolute Gasteiger partial charge is 0.237 e. The molecule has 1 aromatic carbocycles. The van der Waals surface area contributed by atoms with Gasteiger partial charge in [0.05, 0.1) is 10.4 Å². The molecule has 1 aliphatic carbocycles. The van der Waals surface area contributed by atoms with Gasteiger partial charge in [-0.15, -0.1) is 0 Å². The van der Waals surface area contributed by atoms with Crippen LogP contribution in [0.3, 0.4) is 0 Å². The highest BCUT2D eigenvalue weighted by atomic mass is 79.9. The molecule has 1 aliphatic rings. The van der Waals surface area contributed by atoms with Gasteiger partial charge in [-0.05, 0) is 31.0 Å². The minimum absolute atomic E-state index is 0.0715. The van der Waals surface area contributed by atoms with E-state index in [-0.39, 0.29) is 5.91 Å². The Morgan fingerprint density at radius 2 is 2.00 bits per heavy atom. The molecule has 0 unspecified atom stereocenters. The SMILES string of the molecule is NC(=S)C1(C(=O)Nc2cccc(Br)c2)CCCCC1. The van der Waals surface area contributed by atoms with Crippen LogP contribution in [0.25, 0.3) is 0 Å². The van der Waals surface area contributed by atoms with Crippen LogP contribution >= 0.6 is 28.1 Å². The molecular weight excluding hydrogens is 324 g/mol. The van der Waals surface area contributed by atoms with Crippen molar-refractivity contribution in [1.82, 2.24) is 0 Å². The van der Waals surface area contributed by atoms with Crippen molar-refractivity contribution >= 4 is 44.7 Å². The lowest BCUT2D eigenvalue weighted by Crippen LogP contribution is -2.47. The molecule has 0 radical (unpaired) electrons. The topological polar surface area (TPSA) is 55.1 Å². The summed E-state index contributed by atoms with van der Waals surface area (Å²) in [5, 5.41) is 2.94. The molecular formula is C14H17BrN2OS. The van der Waals surface area contributed by atoms with Gasteiger partial charge in [0.1, 0.15) is 0 Å². The first kappa shape index (κ1) is 14.5. The number of amides is 1. The number of carbonyl (C=O) groups is 1. The summed E-state index contributed by atoms with van der Waals surface area (Å²) in [5.41, 5.74) is 5.94. The van der Waals surface area contributed by atoms with Gasteiger partial charge in [-0.25, -0.2) is 0 Å². The van der Waals surface area contributed by atoms with Crippen molar-refractivity contribution in [3.63, 3.8) is 0 Å². The second-order valence-electron chi connectivity index (χ2n) is 4.97. The standard InChI is InChI=1S/C14H17BrN2OS/c15-10-5-4-6-11(9-10)17-13(18)14(12(16)19)7-2-1-3-8-14/h4-6,9H,1-3,7-8H2,(H2,16,19)(H,17,18). The normalized spacial score (nSPS) is 17.7. The lowest BCUT2D eigenvalue weighted by Gasteiger charge is -2.34. The molecule has 0 saturated heterocycles. The third-order valence-electron chi connectivity index (χ3n) is 3.70. The molecule has 19 heavy (non-hydrogen) atoms. The van der Waals surface area contributed by atoms with Gasteiger partial charge in [0.15, 0.2) is 0 Å². The summed E-state index contributed by atoms with van der Waals surface area (Å²) in [7, 11) is 0. The molecule has 0 spiro atoms. The Morgan fingerprint density at radius 1 is 1.32 bits per heavy atom. The molecule has 0 aliphatic heterocycles. The highest BCUT2D eigenvalue weighted by molar-refractivity contribution is 9.10. The Labute approximate surface area is 127 Å². The van der Waals surface area contributed by atoms with Crippen LogP contribution in [0.5, 0.6) is 0 Å². The number of hydrogen-bond acceptors (Lipinski definition) is 2. The summed E-state index contributed by atoms with van der Waals surface area (Å²) in [6.07, 6.45) is 4.66. The Hall–Kier alpha value is -0.940. The average molecular weight is 341 g/mol. The molecule has 0 aromatic heterocycles. The van der Waals surface area contributed by atoms with E-state index in [1.54, 1.807) is 0 Å². The van der Waals surface area contributed by atoms with Crippen molar-refractivity contribution in [2.75, 3.05) is 5.32 Å². The van der Waals surface area contributed by atoms with Gasteiger partial charge in [-0.1, -0.05) is 53.5 Å². The van der Waals surface area contributed by atoms with Crippen LogP contribution in [0.4, 0.5) is 5.69 Å². The maximum atomic E-state index is 12.5. The fourth-order valence-corrected chi connectivity index (χ4v) is 3.25. The number of halogens is 1. The second-order valence-corrected chi connectivity index (χ2v) is 6.33. The van der Waals surface area contributed by atoms with Crippen molar-refractivity contribution in [3.8, 4) is 0 Å². The Morgan fingerprint density at radius 3 is 2.58 bits per heavy atom. The molecule has 0 atom stereocenters. The number of nitrogens with two attached hydrogens (primary N) is 1. The van der Waals surface area contributed by atoms with Gasteiger partial charge in [0.25, 0.3) is 0 Å². The minimum Gasteiger partial charge on any atom is -0.392 e. The number of carbonyl (C=O) groups excluding carboxylic acids is 1. The number of nitrogens with one attached hydrogen (secondary N) is 1. The van der Waals surface area contributed by atoms with Gasteiger partial charge in [-0.2, -0.15) is 0 Å². The van der Waals surface area contributed by atoms with Gasteiger partial charge in [-0.3, -0.25) is 4.79 Å². The van der Waals surface area contributed by atoms with Crippen molar-refractivity contribution in [2.24, 2.45) is 11.1 Å². The first-order chi connectivity index (χ1) is 9.04. The molecule has 1 aromatic rings. The molecule has 0 bridgehead atoms. The lowest BCUT2D eigenvalue weighted by atomic mass is 9.73. The fourth-order valence-electron chi connectivity index (χ4n) is 2.56. The van der Waals surface area contributed by atoms with Gasteiger partial charge >= 0.3 is 0 Å². The Bertz CT molecular complexity index is 498. The quantitative estimate of drug-likeness (QED) is 0.826. The van der Waals surface area contributed by atoms with Crippen molar-refractivity contribution in [2.45, 2.75) is 32.1 Å². The van der Waals surface area contributed by atoms with Crippen LogP contribution in [-0.2, 0) is 4.79 Å². The molecule has 1 fully saturated rings. The Kier molecular flexibility index (Phi) is 4.58. The van der Waals surface area contributed by atoms with Crippen LogP contribution in [0.2, 0.25) is 0 Å². The van der Waals surface area contributed by atoms with Crippen LogP contribution in [0.15, 0.2) is 28.7 Å². The molecule has 5 heteroatoms. The summed E-state index contributed by atoms with van der Waals surface area (Å²) >= 11 is 8.54. The van der Waals surface area contributed by atoms with Crippen molar-refractivity contribution in [3.05, 3.63) is 28.7 Å². The summed E-state index contributed by atoms with van der Waals surface area (Å²) in [6, 6.07) is 7.53. The zero-order chi connectivity index (χ0) is 13.9. The molecule has 2 rings (SSSR count). The lowest BCUT2D eigenvalue weighted by molar-refractivity contribution is -0.123. The summed E-state index contributed by atoms with van der Waals surface area (Å²) in [5.74, 6) is -0.0715. The zero-order valence-electron chi connectivity index (χ0n) is 10.6. The maximum absolute atomic E-state index is 12.5. The van der Waals surface area contributed by atoms with Gasteiger partial charge in [0, 0.05) is 10.2 Å². The van der Waals surface area contributed by atoms with E-state index in [2.05, 4.69) is 21.2 Å². The first-order valence-electron chi connectivity index (χ1n) is 6.41. The number of rotatable bonds is 3. The van der Waals surface area contributed by atoms with E-state index < -0.39 is 5.41 Å². The van der Waals surface area contributed by atoms with Crippen molar-refractivity contribution in [1.29, 1.82) is 0 Å². The highest BCUT2D eigenvalue weighted by Crippen LogP contribution is 2.37. The maximum Gasteiger partial charge on any atom is 0.237 e. The average Bonchev–Trinajstić information content (AvgIpc) is 2.39. The van der Waals surface area contributed by atoms with Crippen LogP contribution in [-0.4, -0.2) is 10.9 Å². The number of thiocarbonyl (C=S) groups is 1. The molecule has 0 heterocycles. The van der Waals surface area contributed by atoms with Crippen LogP contribution in [0.1, 0.15) is 32.1 Å². The summed E-state index contributed by atoms with van der Waals surface area (Å²) in [6.45, 7) is 0. The van der Waals surface area contributed by atoms with E-state index >= 15 is 0 Å². The zero-order valence-corrected chi connectivity index (χ0v) is 13.0. The highest BCUT2D eigenvalue weighted by Gasteiger charge is 2.42. The third-order valence-corrected chi connectivity index (χ3v) is 4.58. The molecule has 1 saturated carbocycles. The predicted molar refractivity (Wildman–Crippen MR) is 85.1 cm³/mol. The molecule has 102 valence electrons. The van der Waals surface area contributed by atoms with E-state index in [1.165, 1.54) is 0 Å². The van der Waals surface area contributed by atoms with E-state index in [0.717, 1.165) is 42.3 Å². The summed E-state index contributed by atoms with van der Waals surface area (Å²) < 4.78 is 0.929. The first-order valence-corrected chi connectivity index (χ1v) is 7.62. The van der Waals surface area contributed by atoms with E-state index in [0.29, 0.717) is 4.99 Å². The van der Waals surface area contributed by atoms with Gasteiger partial charge < -0.3 is 11.1 Å². The van der Waals surface area contributed by atoms with Crippen molar-refractivity contribution < 1.29 is 4.79 Å². The fraction of sp³-hybridized carbons (Fsp3) is 0.429. The van der Waals surface area contributed by atoms with Gasteiger partial charge in [0.2, 0.25) is 5.91 Å². The molecule has 1 amide bonds. The summed E-state index contributed by atoms with van der Waals surface area (Å²) in [4.78, 5) is 12.9. The van der Waals surface area contributed by atoms with E-state index in [4.69, 9.17) is 18.0 Å². The van der Waals surface area contributed by atoms with Crippen LogP contribution < -0.4 is 11.1 Å². The minimum atomic E-state index is -0.671. The van der Waals surface area contributed by atoms with Crippen LogP contribution in [0, 0.1) is 5.41 Å². The molecule has 3 N–H and O–H groups in total. The third kappa shape index (κ3) is 3.15.